The highest BCUT2D eigenvalue weighted by molar-refractivity contribution is 7.89. The molecule has 0 aliphatic carbocycles. The molecule has 7 heteroatoms. The summed E-state index contributed by atoms with van der Waals surface area (Å²) in [5, 5.41) is 7.51. The Bertz CT molecular complexity index is 454. The van der Waals surface area contributed by atoms with E-state index in [4.69, 9.17) is 0 Å². The maximum Gasteiger partial charge on any atom is 0.261 e. The number of hydrogen-bond acceptors (Lipinski definition) is 4. The first kappa shape index (κ1) is 11.6. The van der Waals surface area contributed by atoms with Crippen LogP contribution in [0.1, 0.15) is 12.1 Å². The number of aromatic nitrogens is 2. The fourth-order valence-corrected chi connectivity index (χ4v) is 2.51. The van der Waals surface area contributed by atoms with E-state index >= 15 is 0 Å². The number of aryl methyl sites for hydroxylation is 1. The van der Waals surface area contributed by atoms with Crippen LogP contribution < -0.4 is 5.32 Å². The zero-order chi connectivity index (χ0) is 11.8. The number of nitrogens with one attached hydrogen (secondary N) is 1. The van der Waals surface area contributed by atoms with E-state index in [1.807, 2.05) is 0 Å². The van der Waals surface area contributed by atoms with E-state index in [1.54, 1.807) is 10.7 Å². The first-order valence-electron chi connectivity index (χ1n) is 5.22. The second-order valence-electron chi connectivity index (χ2n) is 4.01. The molecule has 0 bridgehead atoms. The van der Waals surface area contributed by atoms with Crippen molar-refractivity contribution in [1.82, 2.24) is 19.4 Å². The molecule has 6 nitrogen and oxygen atoms in total. The third-order valence-corrected chi connectivity index (χ3v) is 4.31. The quantitative estimate of drug-likeness (QED) is 0.770. The first-order chi connectivity index (χ1) is 7.51. The van der Waals surface area contributed by atoms with Crippen LogP contribution in [0, 0.1) is 0 Å². The van der Waals surface area contributed by atoms with Gasteiger partial charge in [0.25, 0.3) is 10.0 Å². The van der Waals surface area contributed by atoms with Crippen LogP contribution in [0.25, 0.3) is 0 Å². The molecule has 2 rings (SSSR count). The van der Waals surface area contributed by atoms with Gasteiger partial charge in [-0.15, -0.1) is 0 Å². The summed E-state index contributed by atoms with van der Waals surface area (Å²) in [5.74, 6) is 0. The van der Waals surface area contributed by atoms with Gasteiger partial charge in [-0.2, -0.15) is 5.10 Å². The van der Waals surface area contributed by atoms with Crippen molar-refractivity contribution in [2.45, 2.75) is 24.5 Å². The Kier molecular flexibility index (Phi) is 3.00. The summed E-state index contributed by atoms with van der Waals surface area (Å²) in [6.07, 6.45) is 0.968. The summed E-state index contributed by atoms with van der Waals surface area (Å²) in [5.41, 5.74) is 0.929. The van der Waals surface area contributed by atoms with Gasteiger partial charge in [-0.3, -0.25) is 4.68 Å². The largest absolute Gasteiger partial charge is 0.311 e. The summed E-state index contributed by atoms with van der Waals surface area (Å²) in [6.45, 7) is 2.39. The van der Waals surface area contributed by atoms with E-state index in [1.165, 1.54) is 18.4 Å². The summed E-state index contributed by atoms with van der Waals surface area (Å²) >= 11 is 0. The molecular weight excluding hydrogens is 228 g/mol. The van der Waals surface area contributed by atoms with Crippen LogP contribution in [0.15, 0.2) is 11.1 Å². The molecule has 1 aromatic rings. The lowest BCUT2D eigenvalue weighted by Crippen LogP contribution is -2.23. The van der Waals surface area contributed by atoms with Gasteiger partial charge in [-0.25, -0.2) is 12.7 Å². The van der Waals surface area contributed by atoms with Crippen molar-refractivity contribution in [1.29, 1.82) is 0 Å². The van der Waals surface area contributed by atoms with Crippen LogP contribution in [0.5, 0.6) is 0 Å². The highest BCUT2D eigenvalue weighted by atomic mass is 32.2. The van der Waals surface area contributed by atoms with Crippen molar-refractivity contribution in [3.8, 4) is 0 Å². The van der Waals surface area contributed by atoms with E-state index in [-0.39, 0.29) is 5.03 Å². The van der Waals surface area contributed by atoms with E-state index in [0.29, 0.717) is 6.54 Å². The minimum absolute atomic E-state index is 0.135. The highest BCUT2D eigenvalue weighted by Crippen LogP contribution is 2.15. The van der Waals surface area contributed by atoms with Gasteiger partial charge in [0, 0.05) is 33.3 Å². The molecule has 0 unspecified atom stereocenters. The van der Waals surface area contributed by atoms with E-state index < -0.39 is 10.0 Å². The van der Waals surface area contributed by atoms with Crippen molar-refractivity contribution >= 4 is 10.0 Å². The van der Waals surface area contributed by atoms with Gasteiger partial charge in [0.15, 0.2) is 5.03 Å². The van der Waals surface area contributed by atoms with Crippen LogP contribution >= 0.6 is 0 Å². The lowest BCUT2D eigenvalue weighted by molar-refractivity contribution is 0.508. The molecule has 2 heterocycles. The molecule has 0 aromatic carbocycles. The molecule has 0 saturated heterocycles. The smallest absolute Gasteiger partial charge is 0.261 e. The van der Waals surface area contributed by atoms with Gasteiger partial charge in [0.05, 0.1) is 5.69 Å². The van der Waals surface area contributed by atoms with E-state index in [0.717, 1.165) is 25.2 Å². The van der Waals surface area contributed by atoms with E-state index in [9.17, 15) is 8.42 Å². The number of sulfonamides is 1. The lowest BCUT2D eigenvalue weighted by Gasteiger charge is -2.07. The molecule has 1 N–H and O–H groups in total. The topological polar surface area (TPSA) is 67.2 Å². The maximum absolute atomic E-state index is 11.9. The average Bonchev–Trinajstić information content (AvgIpc) is 2.51. The molecular formula is C9H16N4O2S. The zero-order valence-electron chi connectivity index (χ0n) is 9.47. The number of nitrogens with zero attached hydrogens (tertiary/aromatic N) is 3. The molecule has 0 atom stereocenters. The molecule has 0 saturated carbocycles. The third-order valence-electron chi connectivity index (χ3n) is 2.62. The summed E-state index contributed by atoms with van der Waals surface area (Å²) in [4.78, 5) is 0. The van der Waals surface area contributed by atoms with Crippen molar-refractivity contribution in [3.63, 3.8) is 0 Å². The van der Waals surface area contributed by atoms with Gasteiger partial charge in [-0.1, -0.05) is 0 Å². The second-order valence-corrected chi connectivity index (χ2v) is 6.11. The molecule has 0 amide bonds. The number of rotatable bonds is 2. The minimum Gasteiger partial charge on any atom is -0.311 e. The molecule has 0 spiro atoms. The summed E-state index contributed by atoms with van der Waals surface area (Å²) < 4.78 is 26.7. The Morgan fingerprint density at radius 1 is 1.50 bits per heavy atom. The monoisotopic (exact) mass is 244 g/mol. The minimum atomic E-state index is -3.41. The van der Waals surface area contributed by atoms with Crippen molar-refractivity contribution in [2.24, 2.45) is 0 Å². The summed E-state index contributed by atoms with van der Waals surface area (Å²) in [7, 11) is -0.385. The zero-order valence-corrected chi connectivity index (χ0v) is 10.3. The third kappa shape index (κ3) is 1.98. The second kappa shape index (κ2) is 4.15. The Morgan fingerprint density at radius 2 is 2.25 bits per heavy atom. The molecule has 1 aliphatic heterocycles. The van der Waals surface area contributed by atoms with Gasteiger partial charge < -0.3 is 5.32 Å². The van der Waals surface area contributed by atoms with Crippen molar-refractivity contribution < 1.29 is 8.42 Å². The summed E-state index contributed by atoms with van der Waals surface area (Å²) in [6, 6.07) is 1.65. The fraction of sp³-hybridized carbons (Fsp3) is 0.667. The maximum atomic E-state index is 11.9. The molecule has 0 radical (unpaired) electrons. The molecule has 1 aromatic heterocycles. The molecule has 90 valence electrons. The van der Waals surface area contributed by atoms with Crippen LogP contribution in [0.3, 0.4) is 0 Å². The number of hydrogen-bond donors (Lipinski definition) is 1. The van der Waals surface area contributed by atoms with Crippen LogP contribution in [0.2, 0.25) is 0 Å². The van der Waals surface area contributed by atoms with Gasteiger partial charge in [0.1, 0.15) is 0 Å². The first-order valence-corrected chi connectivity index (χ1v) is 6.66. The van der Waals surface area contributed by atoms with Crippen LogP contribution in [-0.4, -0.2) is 43.1 Å². The van der Waals surface area contributed by atoms with E-state index in [2.05, 4.69) is 10.4 Å². The molecule has 0 fully saturated rings. The van der Waals surface area contributed by atoms with Gasteiger partial charge >= 0.3 is 0 Å². The Labute approximate surface area is 95.3 Å². The fourth-order valence-electron chi connectivity index (χ4n) is 1.65. The number of fused-ring (bicyclic) bond motifs is 1. The van der Waals surface area contributed by atoms with Crippen molar-refractivity contribution in [2.75, 3.05) is 20.6 Å². The van der Waals surface area contributed by atoms with Crippen LogP contribution in [0.4, 0.5) is 0 Å². The Morgan fingerprint density at radius 3 is 2.94 bits per heavy atom. The lowest BCUT2D eigenvalue weighted by atomic mass is 10.4. The highest BCUT2D eigenvalue weighted by Gasteiger charge is 2.23. The SMILES string of the molecule is CN(C)S(=O)(=O)c1cc2n(n1)CCCNC2. The standard InChI is InChI=1S/C9H16N4O2S/c1-12(2)16(14,15)9-6-8-7-10-4-3-5-13(8)11-9/h6,10H,3-5,7H2,1-2H3. The predicted molar refractivity (Wildman–Crippen MR) is 59.4 cm³/mol. The van der Waals surface area contributed by atoms with Gasteiger partial charge in [0.2, 0.25) is 0 Å². The Balaban J connectivity index is 2.39. The molecule has 1 aliphatic rings. The molecule has 16 heavy (non-hydrogen) atoms. The van der Waals surface area contributed by atoms with Crippen molar-refractivity contribution in [3.05, 3.63) is 11.8 Å². The Hall–Kier alpha value is -0.920. The van der Waals surface area contributed by atoms with Gasteiger partial charge in [-0.05, 0) is 13.0 Å². The predicted octanol–water partition coefficient (Wildman–Crippen LogP) is -0.373. The average molecular weight is 244 g/mol. The normalized spacial score (nSPS) is 17.2. The van der Waals surface area contributed by atoms with Crippen LogP contribution in [-0.2, 0) is 23.1 Å².